The number of nitrogens with one attached hydrogen (secondary N) is 1. The molecule has 9 heteroatoms. The standard InChI is InChI=1S/C29H39N3O5S/c1-29(20-24(29)22-12-6-3-7-13-22)17-11-5-10-16-25(30-27(34)23-14-8-4-9-15-23)28(35)31-18-19-32(26(33)21-31)38(2,36)37/h4,6,8-9,12-15,24-25H,3,5,7,10-11,16-21H2,1-2H3,(H,30,34)/t24-,25+,29+/m1/s1. The van der Waals surface area contributed by atoms with Gasteiger partial charge in [0.1, 0.15) is 12.6 Å². The lowest BCUT2D eigenvalue weighted by atomic mass is 9.92. The maximum atomic E-state index is 13.4. The van der Waals surface area contributed by atoms with E-state index in [0.29, 0.717) is 23.3 Å². The highest BCUT2D eigenvalue weighted by molar-refractivity contribution is 7.88. The van der Waals surface area contributed by atoms with Crippen molar-refractivity contribution in [1.29, 1.82) is 0 Å². The van der Waals surface area contributed by atoms with Gasteiger partial charge in [-0.25, -0.2) is 12.7 Å². The van der Waals surface area contributed by atoms with Gasteiger partial charge in [0.2, 0.25) is 15.9 Å². The Bertz CT molecular complexity index is 1210. The van der Waals surface area contributed by atoms with Gasteiger partial charge < -0.3 is 10.2 Å². The van der Waals surface area contributed by atoms with Crippen LogP contribution in [0.4, 0.5) is 0 Å². The fourth-order valence-corrected chi connectivity index (χ4v) is 6.50. The van der Waals surface area contributed by atoms with E-state index in [-0.39, 0.29) is 31.4 Å². The normalized spacial score (nSPS) is 24.1. The first kappa shape index (κ1) is 28.1. The molecule has 0 bridgehead atoms. The first-order valence-corrected chi connectivity index (χ1v) is 15.5. The number of carbonyl (C=O) groups excluding carboxylic acids is 3. The van der Waals surface area contributed by atoms with E-state index in [2.05, 4.69) is 30.5 Å². The summed E-state index contributed by atoms with van der Waals surface area (Å²) >= 11 is 0. The Kier molecular flexibility index (Phi) is 8.75. The van der Waals surface area contributed by atoms with E-state index < -0.39 is 22.0 Å². The summed E-state index contributed by atoms with van der Waals surface area (Å²) in [6.07, 6.45) is 15.8. The van der Waals surface area contributed by atoms with Gasteiger partial charge in [-0.15, -0.1) is 0 Å². The molecule has 38 heavy (non-hydrogen) atoms. The van der Waals surface area contributed by atoms with Crippen molar-refractivity contribution in [2.75, 3.05) is 25.9 Å². The molecule has 1 saturated carbocycles. The molecule has 1 aromatic carbocycles. The Morgan fingerprint density at radius 2 is 1.87 bits per heavy atom. The van der Waals surface area contributed by atoms with E-state index in [1.54, 1.807) is 24.3 Å². The number of benzene rings is 1. The number of hydrogen-bond acceptors (Lipinski definition) is 5. The van der Waals surface area contributed by atoms with Crippen LogP contribution < -0.4 is 5.32 Å². The van der Waals surface area contributed by atoms with Gasteiger partial charge in [-0.1, -0.05) is 62.6 Å². The van der Waals surface area contributed by atoms with Gasteiger partial charge in [0, 0.05) is 12.1 Å². The number of carbonyl (C=O) groups is 3. The second-order valence-electron chi connectivity index (χ2n) is 11.1. The van der Waals surface area contributed by atoms with Crippen LogP contribution in [-0.2, 0) is 19.6 Å². The molecule has 1 aliphatic heterocycles. The molecule has 1 aromatic rings. The summed E-state index contributed by atoms with van der Waals surface area (Å²) in [5.74, 6) is -0.662. The van der Waals surface area contributed by atoms with Gasteiger partial charge in [0.15, 0.2) is 0 Å². The molecule has 2 aliphatic carbocycles. The minimum Gasteiger partial charge on any atom is -0.340 e. The summed E-state index contributed by atoms with van der Waals surface area (Å²) in [6.45, 7) is 2.09. The molecule has 8 nitrogen and oxygen atoms in total. The molecule has 0 radical (unpaired) electrons. The quantitative estimate of drug-likeness (QED) is 0.431. The summed E-state index contributed by atoms with van der Waals surface area (Å²) in [5.41, 5.74) is 2.30. The summed E-state index contributed by atoms with van der Waals surface area (Å²) in [5, 5.41) is 2.87. The van der Waals surface area contributed by atoms with Gasteiger partial charge in [-0.2, -0.15) is 0 Å². The highest BCUT2D eigenvalue weighted by atomic mass is 32.2. The minimum atomic E-state index is -3.67. The van der Waals surface area contributed by atoms with E-state index >= 15 is 0 Å². The number of unbranched alkanes of at least 4 members (excludes halogenated alkanes) is 2. The van der Waals surface area contributed by atoms with Crippen LogP contribution in [0.15, 0.2) is 54.1 Å². The third-order valence-corrected chi connectivity index (χ3v) is 9.23. The summed E-state index contributed by atoms with van der Waals surface area (Å²) in [4.78, 5) is 40.0. The average Bonchev–Trinajstić information content (AvgIpc) is 3.58. The minimum absolute atomic E-state index is 0.0753. The van der Waals surface area contributed by atoms with Gasteiger partial charge in [-0.3, -0.25) is 14.4 Å². The first-order valence-electron chi connectivity index (χ1n) is 13.6. The van der Waals surface area contributed by atoms with Crippen molar-refractivity contribution in [2.45, 2.75) is 64.3 Å². The molecular formula is C29H39N3O5S. The van der Waals surface area contributed by atoms with Gasteiger partial charge in [0.05, 0.1) is 12.8 Å². The number of amides is 3. The highest BCUT2D eigenvalue weighted by Gasteiger charge is 2.50. The van der Waals surface area contributed by atoms with Crippen LogP contribution in [0.3, 0.4) is 0 Å². The van der Waals surface area contributed by atoms with Crippen molar-refractivity contribution in [2.24, 2.45) is 11.3 Å². The first-order chi connectivity index (χ1) is 18.1. The predicted molar refractivity (Wildman–Crippen MR) is 147 cm³/mol. The number of allylic oxidation sites excluding steroid dienone is 4. The van der Waals surface area contributed by atoms with Crippen LogP contribution in [0.2, 0.25) is 0 Å². The van der Waals surface area contributed by atoms with E-state index in [1.807, 2.05) is 6.07 Å². The molecule has 3 atom stereocenters. The van der Waals surface area contributed by atoms with Gasteiger partial charge in [-0.05, 0) is 61.1 Å². The van der Waals surface area contributed by atoms with E-state index in [9.17, 15) is 22.8 Å². The highest BCUT2D eigenvalue weighted by Crippen LogP contribution is 2.59. The fourth-order valence-electron chi connectivity index (χ4n) is 5.66. The Hall–Kier alpha value is -2.94. The predicted octanol–water partition coefficient (Wildman–Crippen LogP) is 3.67. The van der Waals surface area contributed by atoms with Gasteiger partial charge in [0.25, 0.3) is 11.8 Å². The van der Waals surface area contributed by atoms with Crippen molar-refractivity contribution >= 4 is 27.7 Å². The van der Waals surface area contributed by atoms with Crippen LogP contribution in [0, 0.1) is 11.3 Å². The molecule has 0 unspecified atom stereocenters. The second kappa shape index (κ2) is 11.8. The molecule has 2 fully saturated rings. The maximum Gasteiger partial charge on any atom is 0.255 e. The molecule has 206 valence electrons. The van der Waals surface area contributed by atoms with E-state index in [0.717, 1.165) is 49.1 Å². The lowest BCUT2D eigenvalue weighted by molar-refractivity contribution is -0.143. The Labute approximate surface area is 226 Å². The number of rotatable bonds is 11. The van der Waals surface area contributed by atoms with Crippen LogP contribution in [-0.4, -0.2) is 67.3 Å². The molecule has 1 N–H and O–H groups in total. The van der Waals surface area contributed by atoms with Gasteiger partial charge >= 0.3 is 0 Å². The van der Waals surface area contributed by atoms with Crippen LogP contribution in [0.1, 0.15) is 68.6 Å². The van der Waals surface area contributed by atoms with Crippen LogP contribution >= 0.6 is 0 Å². The monoisotopic (exact) mass is 541 g/mol. The summed E-state index contributed by atoms with van der Waals surface area (Å²) < 4.78 is 24.5. The Morgan fingerprint density at radius 3 is 2.53 bits per heavy atom. The fraction of sp³-hybridized carbons (Fsp3) is 0.552. The topological polar surface area (TPSA) is 104 Å². The van der Waals surface area contributed by atoms with E-state index in [1.165, 1.54) is 16.9 Å². The number of hydrogen-bond donors (Lipinski definition) is 1. The van der Waals surface area contributed by atoms with Crippen molar-refractivity contribution in [1.82, 2.24) is 14.5 Å². The molecular weight excluding hydrogens is 502 g/mol. The van der Waals surface area contributed by atoms with Crippen molar-refractivity contribution in [3.05, 3.63) is 59.7 Å². The van der Waals surface area contributed by atoms with Crippen molar-refractivity contribution < 1.29 is 22.8 Å². The summed E-state index contributed by atoms with van der Waals surface area (Å²) in [7, 11) is -3.67. The Balaban J connectivity index is 1.32. The molecule has 0 aromatic heterocycles. The van der Waals surface area contributed by atoms with E-state index in [4.69, 9.17) is 0 Å². The lowest BCUT2D eigenvalue weighted by Crippen LogP contribution is -2.57. The Morgan fingerprint density at radius 1 is 1.11 bits per heavy atom. The maximum absolute atomic E-state index is 13.4. The zero-order valence-electron chi connectivity index (χ0n) is 22.4. The lowest BCUT2D eigenvalue weighted by Gasteiger charge is -2.35. The average molecular weight is 542 g/mol. The largest absolute Gasteiger partial charge is 0.340 e. The molecule has 3 amide bonds. The summed E-state index contributed by atoms with van der Waals surface area (Å²) in [6, 6.07) is 7.95. The molecule has 1 heterocycles. The third-order valence-electron chi connectivity index (χ3n) is 8.05. The third kappa shape index (κ3) is 6.92. The zero-order valence-corrected chi connectivity index (χ0v) is 23.2. The molecule has 3 aliphatic rings. The second-order valence-corrected chi connectivity index (χ2v) is 13.0. The van der Waals surface area contributed by atoms with Crippen molar-refractivity contribution in [3.63, 3.8) is 0 Å². The number of nitrogens with zero attached hydrogens (tertiary/aromatic N) is 2. The molecule has 0 spiro atoms. The zero-order chi connectivity index (χ0) is 27.3. The molecule has 4 rings (SSSR count). The van der Waals surface area contributed by atoms with Crippen LogP contribution in [0.5, 0.6) is 0 Å². The molecule has 1 saturated heterocycles. The number of piperazine rings is 1. The smallest absolute Gasteiger partial charge is 0.255 e. The number of sulfonamides is 1. The van der Waals surface area contributed by atoms with Crippen molar-refractivity contribution in [3.8, 4) is 0 Å². The van der Waals surface area contributed by atoms with Crippen LogP contribution in [0.25, 0.3) is 0 Å². The SMILES string of the molecule is C[C@]1(CCCCC[C@H](NC(=O)c2ccccc2)C(=O)N2CCN(S(C)(=O)=O)C(=O)C2)C[C@@H]1C1=CCCC=C1.